The highest BCUT2D eigenvalue weighted by Crippen LogP contribution is 2.19. The van der Waals surface area contributed by atoms with Gasteiger partial charge < -0.3 is 9.47 Å². The van der Waals surface area contributed by atoms with E-state index in [1.165, 1.54) is 0 Å². The van der Waals surface area contributed by atoms with Gasteiger partial charge in [-0.1, -0.05) is 12.1 Å². The van der Waals surface area contributed by atoms with Crippen LogP contribution in [0.5, 0.6) is 0 Å². The van der Waals surface area contributed by atoms with Crippen LogP contribution in [0.25, 0.3) is 11.0 Å². The van der Waals surface area contributed by atoms with Crippen molar-refractivity contribution in [1.82, 2.24) is 24.6 Å². The number of hydrogen-bond acceptors (Lipinski definition) is 3. The number of rotatable bonds is 4. The van der Waals surface area contributed by atoms with Gasteiger partial charge in [-0.15, -0.1) is 0 Å². The third-order valence-electron chi connectivity index (χ3n) is 3.79. The quantitative estimate of drug-likeness (QED) is 0.803. The molecule has 6 nitrogen and oxygen atoms in total. The Balaban J connectivity index is 1.79. The number of hydrogen-bond donors (Lipinski definition) is 1. The number of aryl methyl sites for hydroxylation is 1. The van der Waals surface area contributed by atoms with Crippen LogP contribution in [-0.4, -0.2) is 37.6 Å². The Hall–Kier alpha value is -2.63. The molecular formula is C16H19N5O. The van der Waals surface area contributed by atoms with Gasteiger partial charge in [0, 0.05) is 12.7 Å². The summed E-state index contributed by atoms with van der Waals surface area (Å²) in [6, 6.07) is 9.45. The van der Waals surface area contributed by atoms with Gasteiger partial charge in [0.15, 0.2) is 0 Å². The molecule has 114 valence electrons. The number of likely N-dealkylation sites (N-methyl/N-ethyl adjacent to an activating group) is 1. The number of carbonyl (C=O) groups is 1. The van der Waals surface area contributed by atoms with E-state index >= 15 is 0 Å². The first-order valence-corrected chi connectivity index (χ1v) is 7.23. The summed E-state index contributed by atoms with van der Waals surface area (Å²) >= 11 is 0. The minimum Gasteiger partial charge on any atom is -0.338 e. The highest BCUT2D eigenvalue weighted by molar-refractivity contribution is 5.83. The molecule has 0 aliphatic heterocycles. The molecule has 0 spiro atoms. The molecule has 0 radical (unpaired) electrons. The van der Waals surface area contributed by atoms with Gasteiger partial charge in [-0.3, -0.25) is 9.89 Å². The Bertz CT molecular complexity index is 804. The number of aromatic amines is 1. The first-order valence-electron chi connectivity index (χ1n) is 7.23. The van der Waals surface area contributed by atoms with Crippen LogP contribution < -0.4 is 0 Å². The van der Waals surface area contributed by atoms with E-state index in [1.54, 1.807) is 18.3 Å². The number of imidazole rings is 1. The molecule has 1 amide bonds. The van der Waals surface area contributed by atoms with E-state index in [9.17, 15) is 4.79 Å². The monoisotopic (exact) mass is 297 g/mol. The summed E-state index contributed by atoms with van der Waals surface area (Å²) in [5.74, 6) is 0.0313. The lowest BCUT2D eigenvalue weighted by Gasteiger charge is -2.21. The maximum atomic E-state index is 12.6. The van der Waals surface area contributed by atoms with Crippen molar-refractivity contribution in [3.05, 3.63) is 48.0 Å². The molecule has 1 unspecified atom stereocenters. The van der Waals surface area contributed by atoms with Crippen molar-refractivity contribution in [3.63, 3.8) is 0 Å². The fourth-order valence-corrected chi connectivity index (χ4v) is 2.60. The summed E-state index contributed by atoms with van der Waals surface area (Å²) in [4.78, 5) is 18.7. The van der Waals surface area contributed by atoms with Crippen molar-refractivity contribution in [3.8, 4) is 0 Å². The summed E-state index contributed by atoms with van der Waals surface area (Å²) in [6.07, 6.45) is 1.72. The van der Waals surface area contributed by atoms with Gasteiger partial charge in [-0.25, -0.2) is 4.98 Å². The molecule has 6 heteroatoms. The minimum absolute atomic E-state index is 0.0313. The lowest BCUT2D eigenvalue weighted by atomic mass is 10.2. The maximum absolute atomic E-state index is 12.6. The van der Waals surface area contributed by atoms with E-state index in [0.29, 0.717) is 6.54 Å². The zero-order chi connectivity index (χ0) is 15.7. The van der Waals surface area contributed by atoms with E-state index in [1.807, 2.05) is 48.7 Å². The molecule has 2 heterocycles. The van der Waals surface area contributed by atoms with Crippen LogP contribution in [0.4, 0.5) is 0 Å². The van der Waals surface area contributed by atoms with Crippen molar-refractivity contribution < 1.29 is 4.79 Å². The molecule has 3 aromatic rings. The van der Waals surface area contributed by atoms with Gasteiger partial charge in [0.2, 0.25) is 5.91 Å². The predicted octanol–water partition coefficient (Wildman–Crippen LogP) is 2.29. The summed E-state index contributed by atoms with van der Waals surface area (Å²) in [6.45, 7) is 4.32. The number of fused-ring (bicyclic) bond motifs is 1. The molecular weight excluding hydrogens is 278 g/mol. The number of nitrogens with zero attached hydrogens (tertiary/aromatic N) is 4. The third-order valence-corrected chi connectivity index (χ3v) is 3.79. The predicted molar refractivity (Wildman–Crippen MR) is 84.2 cm³/mol. The van der Waals surface area contributed by atoms with Crippen molar-refractivity contribution in [1.29, 1.82) is 0 Å². The number of amides is 1. The van der Waals surface area contributed by atoms with E-state index in [-0.39, 0.29) is 11.9 Å². The fourth-order valence-electron chi connectivity index (χ4n) is 2.60. The summed E-state index contributed by atoms with van der Waals surface area (Å²) in [5, 5.41) is 7.06. The highest BCUT2D eigenvalue weighted by atomic mass is 16.2. The van der Waals surface area contributed by atoms with Crippen LogP contribution in [0.15, 0.2) is 36.7 Å². The lowest BCUT2D eigenvalue weighted by molar-refractivity contribution is -0.133. The molecule has 2 aromatic heterocycles. The zero-order valence-corrected chi connectivity index (χ0v) is 12.9. The van der Waals surface area contributed by atoms with E-state index < -0.39 is 0 Å². The topological polar surface area (TPSA) is 66.8 Å². The van der Waals surface area contributed by atoms with Crippen molar-refractivity contribution in [2.24, 2.45) is 0 Å². The fraction of sp³-hybridized carbons (Fsp3) is 0.312. The average molecular weight is 297 g/mol. The minimum atomic E-state index is -0.308. The highest BCUT2D eigenvalue weighted by Gasteiger charge is 2.21. The Morgan fingerprint density at radius 2 is 2.18 bits per heavy atom. The second-order valence-corrected chi connectivity index (χ2v) is 5.55. The lowest BCUT2D eigenvalue weighted by Crippen LogP contribution is -2.32. The standard InChI is InChI=1S/C16H19N5O/c1-11-8-13(19-18-11)9-20(3)16(22)12(2)21-10-17-14-6-4-5-7-15(14)21/h4-8,10,12H,9H2,1-3H3,(H,18,19). The summed E-state index contributed by atoms with van der Waals surface area (Å²) in [5.41, 5.74) is 3.71. The van der Waals surface area contributed by atoms with Gasteiger partial charge in [0.25, 0.3) is 0 Å². The van der Waals surface area contributed by atoms with Crippen LogP contribution in [0.1, 0.15) is 24.4 Å². The maximum Gasteiger partial charge on any atom is 0.245 e. The normalized spacial score (nSPS) is 12.5. The van der Waals surface area contributed by atoms with Crippen LogP contribution in [0.2, 0.25) is 0 Å². The second kappa shape index (κ2) is 5.63. The molecule has 1 N–H and O–H groups in total. The molecule has 22 heavy (non-hydrogen) atoms. The third kappa shape index (κ3) is 2.59. The van der Waals surface area contributed by atoms with Gasteiger partial charge in [-0.05, 0) is 32.0 Å². The molecule has 0 fully saturated rings. The molecule has 3 rings (SSSR count). The van der Waals surface area contributed by atoms with Gasteiger partial charge >= 0.3 is 0 Å². The SMILES string of the molecule is Cc1cc(CN(C)C(=O)C(C)n2cnc3ccccc32)n[nH]1. The Morgan fingerprint density at radius 3 is 2.91 bits per heavy atom. The van der Waals surface area contributed by atoms with Crippen LogP contribution in [0.3, 0.4) is 0 Å². The molecule has 0 saturated carbocycles. The number of H-pyrrole nitrogens is 1. The number of aromatic nitrogens is 4. The summed E-state index contributed by atoms with van der Waals surface area (Å²) < 4.78 is 1.91. The van der Waals surface area contributed by atoms with Crippen LogP contribution in [0, 0.1) is 6.92 Å². The zero-order valence-electron chi connectivity index (χ0n) is 12.9. The van der Waals surface area contributed by atoms with Gasteiger partial charge in [0.1, 0.15) is 6.04 Å². The Kier molecular flexibility index (Phi) is 3.66. The van der Waals surface area contributed by atoms with E-state index in [0.717, 1.165) is 22.4 Å². The summed E-state index contributed by atoms with van der Waals surface area (Å²) in [7, 11) is 1.79. The first-order chi connectivity index (χ1) is 10.6. The number of para-hydroxylation sites is 2. The van der Waals surface area contributed by atoms with Crippen LogP contribution >= 0.6 is 0 Å². The molecule has 1 atom stereocenters. The molecule has 1 aromatic carbocycles. The number of carbonyl (C=O) groups excluding carboxylic acids is 1. The molecule has 0 aliphatic rings. The Morgan fingerprint density at radius 1 is 1.41 bits per heavy atom. The average Bonchev–Trinajstić information content (AvgIpc) is 3.12. The largest absolute Gasteiger partial charge is 0.338 e. The van der Waals surface area contributed by atoms with Crippen LogP contribution in [-0.2, 0) is 11.3 Å². The van der Waals surface area contributed by atoms with Gasteiger partial charge in [-0.2, -0.15) is 5.10 Å². The smallest absolute Gasteiger partial charge is 0.245 e. The van der Waals surface area contributed by atoms with Gasteiger partial charge in [0.05, 0.1) is 29.6 Å². The van der Waals surface area contributed by atoms with Crippen molar-refractivity contribution in [2.75, 3.05) is 7.05 Å². The van der Waals surface area contributed by atoms with E-state index in [2.05, 4.69) is 15.2 Å². The van der Waals surface area contributed by atoms with Crippen molar-refractivity contribution in [2.45, 2.75) is 26.4 Å². The first kappa shape index (κ1) is 14.3. The van der Waals surface area contributed by atoms with Crippen molar-refractivity contribution >= 4 is 16.9 Å². The molecule has 0 saturated heterocycles. The molecule has 0 aliphatic carbocycles. The molecule has 0 bridgehead atoms. The van der Waals surface area contributed by atoms with E-state index in [4.69, 9.17) is 0 Å². The second-order valence-electron chi connectivity index (χ2n) is 5.55. The Labute approximate surface area is 128 Å². The number of benzene rings is 1. The number of nitrogens with one attached hydrogen (secondary N) is 1.